The molecule has 6 nitrogen and oxygen atoms in total. The van der Waals surface area contributed by atoms with Crippen molar-refractivity contribution in [3.8, 4) is 5.75 Å². The number of hydrogen-bond acceptors (Lipinski definition) is 5. The van der Waals surface area contributed by atoms with Gasteiger partial charge in [0.2, 0.25) is 6.54 Å². The molecule has 0 amide bonds. The van der Waals surface area contributed by atoms with Crippen LogP contribution in [0.3, 0.4) is 0 Å². The number of aldehydes is 1. The Labute approximate surface area is 111 Å². The minimum Gasteiger partial charge on any atom is -0.491 e. The van der Waals surface area contributed by atoms with Crippen molar-refractivity contribution in [2.24, 2.45) is 0 Å². The number of nitrogens with zero attached hydrogens (tertiary/aromatic N) is 1. The molecule has 0 N–H and O–H groups in total. The Kier molecular flexibility index (Phi) is 6.52. The van der Waals surface area contributed by atoms with E-state index in [4.69, 9.17) is 9.47 Å². The van der Waals surface area contributed by atoms with Gasteiger partial charge < -0.3 is 14.3 Å². The van der Waals surface area contributed by atoms with Gasteiger partial charge in [0.1, 0.15) is 18.6 Å². The summed E-state index contributed by atoms with van der Waals surface area (Å²) < 4.78 is 10.3. The Morgan fingerprint density at radius 1 is 1.32 bits per heavy atom. The normalized spacial score (nSPS) is 11.8. The van der Waals surface area contributed by atoms with Crippen LogP contribution in [0, 0.1) is 10.1 Å². The zero-order chi connectivity index (χ0) is 14.1. The lowest BCUT2D eigenvalue weighted by Gasteiger charge is -2.11. The third-order valence-corrected chi connectivity index (χ3v) is 2.66. The number of ether oxygens (including phenoxy) is 2. The van der Waals surface area contributed by atoms with E-state index in [0.29, 0.717) is 25.2 Å². The molecule has 6 heteroatoms. The number of rotatable bonds is 9. The standard InChI is InChI=1S/C13H17NO5/c1-18-8-9-19-13-4-2-11(3-5-13)12(6-7-15)10-14(16)17/h2-5,7,12H,6,8-10H2,1H3. The summed E-state index contributed by atoms with van der Waals surface area (Å²) in [4.78, 5) is 20.7. The predicted octanol–water partition coefficient (Wildman–Crippen LogP) is 1.66. The van der Waals surface area contributed by atoms with E-state index in [2.05, 4.69) is 0 Å². The molecule has 1 atom stereocenters. The average molecular weight is 267 g/mol. The summed E-state index contributed by atoms with van der Waals surface area (Å²) in [6, 6.07) is 6.98. The first-order valence-corrected chi connectivity index (χ1v) is 5.94. The molecule has 0 bridgehead atoms. The molecule has 0 saturated heterocycles. The maximum atomic E-state index is 10.6. The van der Waals surface area contributed by atoms with Gasteiger partial charge in [0.25, 0.3) is 0 Å². The molecule has 1 unspecified atom stereocenters. The molecule has 0 radical (unpaired) electrons. The Hall–Kier alpha value is -1.95. The predicted molar refractivity (Wildman–Crippen MR) is 69.1 cm³/mol. The quantitative estimate of drug-likeness (QED) is 0.294. The van der Waals surface area contributed by atoms with Crippen LogP contribution >= 0.6 is 0 Å². The molecule has 0 heterocycles. The summed E-state index contributed by atoms with van der Waals surface area (Å²) in [7, 11) is 1.59. The summed E-state index contributed by atoms with van der Waals surface area (Å²) in [6.45, 7) is 0.696. The zero-order valence-electron chi connectivity index (χ0n) is 10.8. The minimum atomic E-state index is -0.406. The van der Waals surface area contributed by atoms with Crippen molar-refractivity contribution in [1.82, 2.24) is 0 Å². The molecule has 0 aromatic heterocycles. The van der Waals surface area contributed by atoms with E-state index in [0.717, 1.165) is 5.56 Å². The van der Waals surface area contributed by atoms with Gasteiger partial charge >= 0.3 is 0 Å². The van der Waals surface area contributed by atoms with Crippen molar-refractivity contribution in [3.63, 3.8) is 0 Å². The van der Waals surface area contributed by atoms with E-state index in [1.807, 2.05) is 0 Å². The van der Waals surface area contributed by atoms with Crippen LogP contribution in [0.25, 0.3) is 0 Å². The van der Waals surface area contributed by atoms with E-state index < -0.39 is 4.92 Å². The molecule has 1 aromatic carbocycles. The number of carbonyl (C=O) groups is 1. The molecule has 0 aliphatic carbocycles. The van der Waals surface area contributed by atoms with Gasteiger partial charge in [0.15, 0.2) is 0 Å². The number of benzene rings is 1. The molecular weight excluding hydrogens is 250 g/mol. The monoisotopic (exact) mass is 267 g/mol. The van der Waals surface area contributed by atoms with E-state index in [1.165, 1.54) is 0 Å². The van der Waals surface area contributed by atoms with Gasteiger partial charge in [-0.1, -0.05) is 12.1 Å². The molecule has 1 aromatic rings. The molecule has 0 fully saturated rings. The van der Waals surface area contributed by atoms with Crippen LogP contribution in [0.4, 0.5) is 0 Å². The summed E-state index contributed by atoms with van der Waals surface area (Å²) in [5.41, 5.74) is 0.767. The van der Waals surface area contributed by atoms with Crippen molar-refractivity contribution in [1.29, 1.82) is 0 Å². The maximum absolute atomic E-state index is 10.6. The smallest absolute Gasteiger partial charge is 0.211 e. The second kappa shape index (κ2) is 8.20. The largest absolute Gasteiger partial charge is 0.491 e. The molecule has 0 saturated carbocycles. The van der Waals surface area contributed by atoms with Gasteiger partial charge in [0, 0.05) is 18.5 Å². The van der Waals surface area contributed by atoms with Crippen molar-refractivity contribution in [3.05, 3.63) is 39.9 Å². The van der Waals surface area contributed by atoms with Gasteiger partial charge in [0.05, 0.1) is 12.5 Å². The van der Waals surface area contributed by atoms with Crippen molar-refractivity contribution in [2.75, 3.05) is 26.9 Å². The fraction of sp³-hybridized carbons (Fsp3) is 0.462. The molecule has 1 rings (SSSR count). The number of hydrogen-bond donors (Lipinski definition) is 0. The molecule has 0 spiro atoms. The minimum absolute atomic E-state index is 0.144. The third kappa shape index (κ3) is 5.48. The lowest BCUT2D eigenvalue weighted by atomic mass is 9.96. The fourth-order valence-electron chi connectivity index (χ4n) is 1.69. The van der Waals surface area contributed by atoms with Crippen LogP contribution in [0.5, 0.6) is 5.75 Å². The Morgan fingerprint density at radius 2 is 2.00 bits per heavy atom. The number of methoxy groups -OCH3 is 1. The van der Waals surface area contributed by atoms with Crippen LogP contribution in [-0.2, 0) is 9.53 Å². The lowest BCUT2D eigenvalue weighted by Crippen LogP contribution is -2.13. The molecule has 0 aliphatic heterocycles. The second-order valence-electron chi connectivity index (χ2n) is 4.02. The van der Waals surface area contributed by atoms with Crippen molar-refractivity contribution in [2.45, 2.75) is 12.3 Å². The fourth-order valence-corrected chi connectivity index (χ4v) is 1.69. The van der Waals surface area contributed by atoms with Gasteiger partial charge in [-0.15, -0.1) is 0 Å². The molecule has 19 heavy (non-hydrogen) atoms. The van der Waals surface area contributed by atoms with E-state index >= 15 is 0 Å². The molecule has 0 aliphatic rings. The molecular formula is C13H17NO5. The number of nitro groups is 1. The lowest BCUT2D eigenvalue weighted by molar-refractivity contribution is -0.483. The Bertz CT molecular complexity index is 404. The van der Waals surface area contributed by atoms with Crippen molar-refractivity contribution >= 4 is 6.29 Å². The summed E-state index contributed by atoms with van der Waals surface area (Å²) in [6.07, 6.45) is 0.849. The highest BCUT2D eigenvalue weighted by Crippen LogP contribution is 2.22. The van der Waals surface area contributed by atoms with Crippen LogP contribution in [0.15, 0.2) is 24.3 Å². The van der Waals surface area contributed by atoms with Gasteiger partial charge in [-0.25, -0.2) is 0 Å². The second-order valence-corrected chi connectivity index (χ2v) is 4.02. The van der Waals surface area contributed by atoms with Gasteiger partial charge in [-0.2, -0.15) is 0 Å². The Balaban J connectivity index is 2.65. The van der Waals surface area contributed by atoms with Crippen LogP contribution in [-0.4, -0.2) is 38.1 Å². The summed E-state index contributed by atoms with van der Waals surface area (Å²) >= 11 is 0. The topological polar surface area (TPSA) is 78.7 Å². The number of carbonyl (C=O) groups excluding carboxylic acids is 1. The van der Waals surface area contributed by atoms with E-state index in [-0.39, 0.29) is 18.9 Å². The summed E-state index contributed by atoms with van der Waals surface area (Å²) in [5.74, 6) is 0.285. The Morgan fingerprint density at radius 3 is 2.53 bits per heavy atom. The van der Waals surface area contributed by atoms with Crippen LogP contribution < -0.4 is 4.74 Å². The first kappa shape index (κ1) is 15.1. The van der Waals surface area contributed by atoms with Crippen LogP contribution in [0.2, 0.25) is 0 Å². The van der Waals surface area contributed by atoms with E-state index in [9.17, 15) is 14.9 Å². The van der Waals surface area contributed by atoms with E-state index in [1.54, 1.807) is 31.4 Å². The zero-order valence-corrected chi connectivity index (χ0v) is 10.8. The maximum Gasteiger partial charge on any atom is 0.211 e. The van der Waals surface area contributed by atoms with Gasteiger partial charge in [-0.3, -0.25) is 10.1 Å². The highest BCUT2D eigenvalue weighted by Gasteiger charge is 2.17. The van der Waals surface area contributed by atoms with Gasteiger partial charge in [-0.05, 0) is 17.7 Å². The highest BCUT2D eigenvalue weighted by atomic mass is 16.6. The summed E-state index contributed by atoms with van der Waals surface area (Å²) in [5, 5.41) is 10.6. The first-order valence-electron chi connectivity index (χ1n) is 5.94. The van der Waals surface area contributed by atoms with Crippen molar-refractivity contribution < 1.29 is 19.2 Å². The third-order valence-electron chi connectivity index (χ3n) is 2.66. The van der Waals surface area contributed by atoms with Crippen LogP contribution in [0.1, 0.15) is 17.9 Å². The SMILES string of the molecule is COCCOc1ccc(C(CC=O)C[N+](=O)[O-])cc1. The molecule has 104 valence electrons. The average Bonchev–Trinajstić information content (AvgIpc) is 2.39. The highest BCUT2D eigenvalue weighted by molar-refractivity contribution is 5.51. The first-order chi connectivity index (χ1) is 9.17.